The van der Waals surface area contributed by atoms with E-state index in [2.05, 4.69) is 0 Å². The molecule has 1 unspecified atom stereocenters. The van der Waals surface area contributed by atoms with Crippen molar-refractivity contribution in [1.29, 1.82) is 0 Å². The van der Waals surface area contributed by atoms with Crippen molar-refractivity contribution >= 4 is 5.97 Å². The van der Waals surface area contributed by atoms with Crippen LogP contribution >= 0.6 is 0 Å². The number of rotatable bonds is 4. The van der Waals surface area contributed by atoms with Crippen molar-refractivity contribution < 1.29 is 14.6 Å². The molecular formula is C12H16O3. The molecule has 1 rings (SSSR count). The van der Waals surface area contributed by atoms with E-state index in [9.17, 15) is 4.79 Å². The first kappa shape index (κ1) is 11.6. The molecule has 0 spiro atoms. The van der Waals surface area contributed by atoms with Crippen LogP contribution in [-0.2, 0) is 0 Å². The lowest BCUT2D eigenvalue weighted by Crippen LogP contribution is -2.12. The molecule has 0 amide bonds. The standard InChI is InChI=1S/C12H16O3/c1-4-9(3)15-11-7-8(2)5-6-10(11)12(13)14/h5-7,9H,4H2,1-3H3,(H,13,14). The molecule has 1 aromatic rings. The monoisotopic (exact) mass is 208 g/mol. The van der Waals surface area contributed by atoms with Gasteiger partial charge < -0.3 is 9.84 Å². The highest BCUT2D eigenvalue weighted by Gasteiger charge is 2.12. The molecule has 0 fully saturated rings. The van der Waals surface area contributed by atoms with E-state index in [1.54, 1.807) is 18.2 Å². The quantitative estimate of drug-likeness (QED) is 0.827. The molecule has 0 aromatic heterocycles. The summed E-state index contributed by atoms with van der Waals surface area (Å²) < 4.78 is 5.56. The van der Waals surface area contributed by atoms with Gasteiger partial charge in [-0.1, -0.05) is 13.0 Å². The first-order valence-corrected chi connectivity index (χ1v) is 5.05. The van der Waals surface area contributed by atoms with Gasteiger partial charge in [-0.2, -0.15) is 0 Å². The zero-order valence-corrected chi connectivity index (χ0v) is 9.28. The molecule has 1 N–H and O–H groups in total. The number of hydrogen-bond acceptors (Lipinski definition) is 2. The molecule has 82 valence electrons. The van der Waals surface area contributed by atoms with E-state index in [4.69, 9.17) is 9.84 Å². The Labute approximate surface area is 89.7 Å². The maximum Gasteiger partial charge on any atom is 0.339 e. The second-order valence-electron chi connectivity index (χ2n) is 3.64. The summed E-state index contributed by atoms with van der Waals surface area (Å²) in [6.45, 7) is 5.84. The number of carboxylic acid groups (broad SMARTS) is 1. The highest BCUT2D eigenvalue weighted by atomic mass is 16.5. The number of carbonyl (C=O) groups is 1. The van der Waals surface area contributed by atoms with Crippen LogP contribution in [0.5, 0.6) is 5.75 Å². The minimum Gasteiger partial charge on any atom is -0.490 e. The second-order valence-corrected chi connectivity index (χ2v) is 3.64. The highest BCUT2D eigenvalue weighted by molar-refractivity contribution is 5.90. The SMILES string of the molecule is CCC(C)Oc1cc(C)ccc1C(=O)O. The summed E-state index contributed by atoms with van der Waals surface area (Å²) >= 11 is 0. The van der Waals surface area contributed by atoms with Gasteiger partial charge in [0, 0.05) is 0 Å². The Kier molecular flexibility index (Phi) is 3.72. The van der Waals surface area contributed by atoms with E-state index in [1.165, 1.54) is 0 Å². The molecule has 1 aromatic carbocycles. The fraction of sp³-hybridized carbons (Fsp3) is 0.417. The van der Waals surface area contributed by atoms with Crippen LogP contribution < -0.4 is 4.74 Å². The molecule has 0 saturated carbocycles. The number of hydrogen-bond donors (Lipinski definition) is 1. The largest absolute Gasteiger partial charge is 0.490 e. The van der Waals surface area contributed by atoms with Crippen LogP contribution in [0, 0.1) is 6.92 Å². The lowest BCUT2D eigenvalue weighted by Gasteiger charge is -2.14. The van der Waals surface area contributed by atoms with Crippen LogP contribution in [0.1, 0.15) is 36.2 Å². The van der Waals surface area contributed by atoms with E-state index in [-0.39, 0.29) is 11.7 Å². The van der Waals surface area contributed by atoms with Crippen LogP contribution in [0.15, 0.2) is 18.2 Å². The predicted octanol–water partition coefficient (Wildman–Crippen LogP) is 2.87. The van der Waals surface area contributed by atoms with Crippen LogP contribution in [-0.4, -0.2) is 17.2 Å². The van der Waals surface area contributed by atoms with E-state index < -0.39 is 5.97 Å². The number of benzene rings is 1. The summed E-state index contributed by atoms with van der Waals surface area (Å²) in [7, 11) is 0. The maximum absolute atomic E-state index is 10.9. The molecule has 0 radical (unpaired) electrons. The van der Waals surface area contributed by atoms with Gasteiger partial charge in [0.25, 0.3) is 0 Å². The van der Waals surface area contributed by atoms with Crippen molar-refractivity contribution in [1.82, 2.24) is 0 Å². The molecule has 15 heavy (non-hydrogen) atoms. The van der Waals surface area contributed by atoms with E-state index >= 15 is 0 Å². The molecule has 0 heterocycles. The zero-order chi connectivity index (χ0) is 11.4. The molecule has 3 nitrogen and oxygen atoms in total. The number of aryl methyl sites for hydroxylation is 1. The van der Waals surface area contributed by atoms with Crippen molar-refractivity contribution in [2.75, 3.05) is 0 Å². The molecule has 0 bridgehead atoms. The summed E-state index contributed by atoms with van der Waals surface area (Å²) in [4.78, 5) is 10.9. The van der Waals surface area contributed by atoms with Crippen molar-refractivity contribution in [2.24, 2.45) is 0 Å². The fourth-order valence-corrected chi connectivity index (χ4v) is 1.20. The summed E-state index contributed by atoms with van der Waals surface area (Å²) in [5, 5.41) is 8.96. The Bertz CT molecular complexity index is 358. The third-order valence-corrected chi connectivity index (χ3v) is 2.27. The first-order valence-electron chi connectivity index (χ1n) is 5.05. The number of aromatic carboxylic acids is 1. The lowest BCUT2D eigenvalue weighted by molar-refractivity contribution is 0.0689. The average Bonchev–Trinajstić information content (AvgIpc) is 2.17. The van der Waals surface area contributed by atoms with Gasteiger partial charge in [-0.15, -0.1) is 0 Å². The predicted molar refractivity (Wildman–Crippen MR) is 58.5 cm³/mol. The first-order chi connectivity index (χ1) is 7.04. The Balaban J connectivity index is 3.02. The molecule has 1 atom stereocenters. The molecule has 0 aliphatic carbocycles. The Hall–Kier alpha value is -1.51. The third kappa shape index (κ3) is 2.98. The van der Waals surface area contributed by atoms with Gasteiger partial charge in [0.2, 0.25) is 0 Å². The molecule has 0 aliphatic heterocycles. The van der Waals surface area contributed by atoms with Crippen LogP contribution in [0.4, 0.5) is 0 Å². The average molecular weight is 208 g/mol. The van der Waals surface area contributed by atoms with Crippen LogP contribution in [0.2, 0.25) is 0 Å². The Morgan fingerprint density at radius 2 is 2.20 bits per heavy atom. The van der Waals surface area contributed by atoms with Crippen molar-refractivity contribution in [2.45, 2.75) is 33.3 Å². The summed E-state index contributed by atoms with van der Waals surface area (Å²) in [5.74, 6) is -0.495. The van der Waals surface area contributed by atoms with E-state index in [0.717, 1.165) is 12.0 Å². The molecule has 0 saturated heterocycles. The van der Waals surface area contributed by atoms with Gasteiger partial charge in [0.1, 0.15) is 11.3 Å². The van der Waals surface area contributed by atoms with Gasteiger partial charge >= 0.3 is 5.97 Å². The van der Waals surface area contributed by atoms with Gasteiger partial charge in [-0.3, -0.25) is 0 Å². The van der Waals surface area contributed by atoms with Gasteiger partial charge in [-0.05, 0) is 38.0 Å². The lowest BCUT2D eigenvalue weighted by atomic mass is 10.1. The number of carboxylic acids is 1. The van der Waals surface area contributed by atoms with Crippen molar-refractivity contribution in [3.63, 3.8) is 0 Å². The Morgan fingerprint density at radius 3 is 2.73 bits per heavy atom. The summed E-state index contributed by atoms with van der Waals surface area (Å²) in [5.41, 5.74) is 1.22. The molecule has 0 aliphatic rings. The van der Waals surface area contributed by atoms with Gasteiger partial charge in [0.05, 0.1) is 6.10 Å². The summed E-state index contributed by atoms with van der Waals surface area (Å²) in [6.07, 6.45) is 0.886. The van der Waals surface area contributed by atoms with Crippen molar-refractivity contribution in [3.05, 3.63) is 29.3 Å². The fourth-order valence-electron chi connectivity index (χ4n) is 1.20. The second kappa shape index (κ2) is 4.82. The minimum absolute atomic E-state index is 0.0323. The zero-order valence-electron chi connectivity index (χ0n) is 9.28. The van der Waals surface area contributed by atoms with Crippen LogP contribution in [0.25, 0.3) is 0 Å². The Morgan fingerprint density at radius 1 is 1.53 bits per heavy atom. The highest BCUT2D eigenvalue weighted by Crippen LogP contribution is 2.22. The summed E-state index contributed by atoms with van der Waals surface area (Å²) in [6, 6.07) is 5.11. The normalized spacial score (nSPS) is 12.2. The molecule has 3 heteroatoms. The van der Waals surface area contributed by atoms with Gasteiger partial charge in [-0.25, -0.2) is 4.79 Å². The van der Waals surface area contributed by atoms with Gasteiger partial charge in [0.15, 0.2) is 0 Å². The van der Waals surface area contributed by atoms with E-state index in [0.29, 0.717) is 5.75 Å². The topological polar surface area (TPSA) is 46.5 Å². The van der Waals surface area contributed by atoms with Crippen molar-refractivity contribution in [3.8, 4) is 5.75 Å². The minimum atomic E-state index is -0.951. The van der Waals surface area contributed by atoms with Crippen LogP contribution in [0.3, 0.4) is 0 Å². The maximum atomic E-state index is 10.9. The number of ether oxygens (including phenoxy) is 1. The molecular weight excluding hydrogens is 192 g/mol. The third-order valence-electron chi connectivity index (χ3n) is 2.27. The van der Waals surface area contributed by atoms with E-state index in [1.807, 2.05) is 20.8 Å². The smallest absolute Gasteiger partial charge is 0.339 e.